The standard InChI is InChI=1S/C14H30S2/c1-4-7-9-10-12-14(11-6-3)16-15-13-8-5-2/h14H,4-13H2,1-3H3/t14-/m1/s1. The van der Waals surface area contributed by atoms with Crippen LogP contribution in [0.25, 0.3) is 0 Å². The van der Waals surface area contributed by atoms with Crippen molar-refractivity contribution in [2.75, 3.05) is 5.75 Å². The van der Waals surface area contributed by atoms with Gasteiger partial charge in [0, 0.05) is 11.0 Å². The maximum atomic E-state index is 2.32. The predicted octanol–water partition coefficient (Wildman–Crippen LogP) is 6.31. The molecule has 2 heteroatoms. The Morgan fingerprint density at radius 3 is 2.12 bits per heavy atom. The molecular weight excluding hydrogens is 232 g/mol. The Hall–Kier alpha value is 0.700. The summed E-state index contributed by atoms with van der Waals surface area (Å²) in [5, 5.41) is 0.920. The molecule has 0 amide bonds. The monoisotopic (exact) mass is 262 g/mol. The zero-order valence-corrected chi connectivity index (χ0v) is 13.1. The molecule has 0 bridgehead atoms. The van der Waals surface area contributed by atoms with Crippen molar-refractivity contribution in [3.05, 3.63) is 0 Å². The van der Waals surface area contributed by atoms with E-state index in [0.717, 1.165) is 5.25 Å². The fourth-order valence-corrected chi connectivity index (χ4v) is 4.80. The van der Waals surface area contributed by atoms with Crippen LogP contribution in [0.5, 0.6) is 0 Å². The topological polar surface area (TPSA) is 0 Å². The minimum absolute atomic E-state index is 0.920. The van der Waals surface area contributed by atoms with Gasteiger partial charge in [-0.2, -0.15) is 0 Å². The molecule has 0 aliphatic carbocycles. The fraction of sp³-hybridized carbons (Fsp3) is 1.00. The Bertz CT molecular complexity index is 114. The third-order valence-electron chi connectivity index (χ3n) is 2.78. The van der Waals surface area contributed by atoms with E-state index in [4.69, 9.17) is 0 Å². The smallest absolute Gasteiger partial charge is 0.0151 e. The largest absolute Gasteiger partial charge is 0.0939 e. The molecule has 0 aromatic carbocycles. The second kappa shape index (κ2) is 13.8. The molecule has 0 spiro atoms. The van der Waals surface area contributed by atoms with Crippen molar-refractivity contribution in [2.24, 2.45) is 0 Å². The average Bonchev–Trinajstić information content (AvgIpc) is 2.30. The second-order valence-electron chi connectivity index (χ2n) is 4.53. The highest BCUT2D eigenvalue weighted by Gasteiger charge is 2.08. The summed E-state index contributed by atoms with van der Waals surface area (Å²) >= 11 is 0. The maximum Gasteiger partial charge on any atom is 0.0151 e. The van der Waals surface area contributed by atoms with E-state index in [-0.39, 0.29) is 0 Å². The molecule has 0 nitrogen and oxygen atoms in total. The van der Waals surface area contributed by atoms with Crippen LogP contribution in [0.3, 0.4) is 0 Å². The lowest BCUT2D eigenvalue weighted by Crippen LogP contribution is -2.00. The molecule has 0 fully saturated rings. The van der Waals surface area contributed by atoms with E-state index in [1.807, 2.05) is 0 Å². The fourth-order valence-electron chi connectivity index (χ4n) is 1.71. The van der Waals surface area contributed by atoms with Crippen LogP contribution in [0.4, 0.5) is 0 Å². The van der Waals surface area contributed by atoms with Crippen LogP contribution in [-0.2, 0) is 0 Å². The van der Waals surface area contributed by atoms with Crippen molar-refractivity contribution in [2.45, 2.75) is 83.8 Å². The number of hydrogen-bond donors (Lipinski definition) is 0. The third-order valence-corrected chi connectivity index (χ3v) is 5.84. The zero-order valence-electron chi connectivity index (χ0n) is 11.5. The summed E-state index contributed by atoms with van der Waals surface area (Å²) in [6.45, 7) is 6.88. The molecule has 0 radical (unpaired) electrons. The van der Waals surface area contributed by atoms with Crippen LogP contribution in [0.2, 0.25) is 0 Å². The minimum atomic E-state index is 0.920. The molecule has 0 aliphatic heterocycles. The van der Waals surface area contributed by atoms with Crippen LogP contribution >= 0.6 is 21.6 Å². The second-order valence-corrected chi connectivity index (χ2v) is 7.32. The Kier molecular flexibility index (Phi) is 14.4. The molecule has 0 saturated carbocycles. The number of unbranched alkanes of at least 4 members (excludes halogenated alkanes) is 4. The van der Waals surface area contributed by atoms with E-state index in [0.29, 0.717) is 0 Å². The summed E-state index contributed by atoms with van der Waals surface area (Å²) in [6, 6.07) is 0. The third kappa shape index (κ3) is 11.2. The van der Waals surface area contributed by atoms with Gasteiger partial charge in [-0.15, -0.1) is 0 Å². The Morgan fingerprint density at radius 1 is 0.750 bits per heavy atom. The van der Waals surface area contributed by atoms with Crippen molar-refractivity contribution >= 4 is 21.6 Å². The van der Waals surface area contributed by atoms with Crippen LogP contribution in [-0.4, -0.2) is 11.0 Å². The highest BCUT2D eigenvalue weighted by atomic mass is 33.1. The van der Waals surface area contributed by atoms with E-state index >= 15 is 0 Å². The quantitative estimate of drug-likeness (QED) is 0.299. The van der Waals surface area contributed by atoms with Crippen LogP contribution < -0.4 is 0 Å². The SMILES string of the molecule is CCCCCC[C@@H](CCC)SSCCCC. The molecule has 98 valence electrons. The summed E-state index contributed by atoms with van der Waals surface area (Å²) in [4.78, 5) is 0. The molecule has 16 heavy (non-hydrogen) atoms. The summed E-state index contributed by atoms with van der Waals surface area (Å²) in [5.74, 6) is 1.34. The van der Waals surface area contributed by atoms with Gasteiger partial charge < -0.3 is 0 Å². The molecule has 0 aromatic heterocycles. The van der Waals surface area contributed by atoms with Gasteiger partial charge in [0.1, 0.15) is 0 Å². The Labute approximate surface area is 111 Å². The first kappa shape index (κ1) is 16.7. The Morgan fingerprint density at radius 2 is 1.50 bits per heavy atom. The zero-order chi connectivity index (χ0) is 12.1. The molecule has 0 unspecified atom stereocenters. The van der Waals surface area contributed by atoms with Crippen molar-refractivity contribution in [3.8, 4) is 0 Å². The summed E-state index contributed by atoms with van der Waals surface area (Å²) in [7, 11) is 4.27. The molecule has 0 rings (SSSR count). The molecule has 1 atom stereocenters. The highest BCUT2D eigenvalue weighted by Crippen LogP contribution is 2.33. The van der Waals surface area contributed by atoms with Gasteiger partial charge in [0.05, 0.1) is 0 Å². The summed E-state index contributed by atoms with van der Waals surface area (Å²) < 4.78 is 0. The normalized spacial score (nSPS) is 12.9. The van der Waals surface area contributed by atoms with Gasteiger partial charge in [-0.1, -0.05) is 80.9 Å². The maximum absolute atomic E-state index is 2.32. The van der Waals surface area contributed by atoms with Gasteiger partial charge in [-0.05, 0) is 19.3 Å². The van der Waals surface area contributed by atoms with Crippen molar-refractivity contribution in [1.82, 2.24) is 0 Å². The number of hydrogen-bond acceptors (Lipinski definition) is 2. The van der Waals surface area contributed by atoms with E-state index < -0.39 is 0 Å². The first-order valence-corrected chi connectivity index (χ1v) is 9.51. The molecule has 0 saturated heterocycles. The van der Waals surface area contributed by atoms with Crippen LogP contribution in [0, 0.1) is 0 Å². The van der Waals surface area contributed by atoms with E-state index in [2.05, 4.69) is 42.4 Å². The van der Waals surface area contributed by atoms with Gasteiger partial charge in [-0.25, -0.2) is 0 Å². The van der Waals surface area contributed by atoms with E-state index in [9.17, 15) is 0 Å². The first-order valence-electron chi connectivity index (χ1n) is 7.13. The van der Waals surface area contributed by atoms with Crippen molar-refractivity contribution in [3.63, 3.8) is 0 Å². The van der Waals surface area contributed by atoms with Gasteiger partial charge in [0.25, 0.3) is 0 Å². The minimum Gasteiger partial charge on any atom is -0.0939 e. The molecule has 0 N–H and O–H groups in total. The first-order chi connectivity index (χ1) is 7.85. The lowest BCUT2D eigenvalue weighted by Gasteiger charge is -2.14. The molecule has 0 heterocycles. The lowest BCUT2D eigenvalue weighted by molar-refractivity contribution is 0.596. The van der Waals surface area contributed by atoms with Gasteiger partial charge >= 0.3 is 0 Å². The summed E-state index contributed by atoms with van der Waals surface area (Å²) in [6.07, 6.45) is 12.6. The van der Waals surface area contributed by atoms with Gasteiger partial charge in [-0.3, -0.25) is 0 Å². The van der Waals surface area contributed by atoms with E-state index in [1.165, 1.54) is 63.5 Å². The molecule has 0 aromatic rings. The van der Waals surface area contributed by atoms with E-state index in [1.54, 1.807) is 0 Å². The van der Waals surface area contributed by atoms with Crippen molar-refractivity contribution in [1.29, 1.82) is 0 Å². The lowest BCUT2D eigenvalue weighted by atomic mass is 10.1. The van der Waals surface area contributed by atoms with Crippen LogP contribution in [0.15, 0.2) is 0 Å². The Balaban J connectivity index is 3.45. The molecular formula is C14H30S2. The van der Waals surface area contributed by atoms with Crippen LogP contribution in [0.1, 0.15) is 78.6 Å². The average molecular weight is 263 g/mol. The molecule has 0 aliphatic rings. The number of rotatable bonds is 12. The van der Waals surface area contributed by atoms with Crippen molar-refractivity contribution < 1.29 is 0 Å². The predicted molar refractivity (Wildman–Crippen MR) is 82.4 cm³/mol. The summed E-state index contributed by atoms with van der Waals surface area (Å²) in [5.41, 5.74) is 0. The highest BCUT2D eigenvalue weighted by molar-refractivity contribution is 8.76. The van der Waals surface area contributed by atoms with Gasteiger partial charge in [0.2, 0.25) is 0 Å². The van der Waals surface area contributed by atoms with Gasteiger partial charge in [0.15, 0.2) is 0 Å².